The number of allylic oxidation sites excluding steroid dienone is 3. The average molecular weight is 790 g/mol. The SMILES string of the molecule is CCCCCCCCCCC/C=C/C(O)C(CO)NC(=O)CCCCCCCCC/C=C\CCCCCCCCOC(=O)CCCCCCCCCCCCC. The third-order valence-electron chi connectivity index (χ3n) is 11.2. The fraction of sp³-hybridized carbons (Fsp3) is 0.880. The molecule has 56 heavy (non-hydrogen) atoms. The Bertz CT molecular complexity index is 874. The van der Waals surface area contributed by atoms with E-state index in [0.29, 0.717) is 19.4 Å². The first kappa shape index (κ1) is 54.3. The largest absolute Gasteiger partial charge is 0.466 e. The van der Waals surface area contributed by atoms with Crippen molar-refractivity contribution in [1.29, 1.82) is 0 Å². The van der Waals surface area contributed by atoms with Crippen LogP contribution >= 0.6 is 0 Å². The quantitative estimate of drug-likeness (QED) is 0.0324. The molecule has 0 saturated heterocycles. The maximum atomic E-state index is 12.4. The Morgan fingerprint density at radius 2 is 0.839 bits per heavy atom. The molecule has 0 aliphatic carbocycles. The van der Waals surface area contributed by atoms with E-state index in [9.17, 15) is 19.8 Å². The van der Waals surface area contributed by atoms with Gasteiger partial charge in [0.15, 0.2) is 0 Å². The van der Waals surface area contributed by atoms with Gasteiger partial charge in [-0.2, -0.15) is 0 Å². The average Bonchev–Trinajstić information content (AvgIpc) is 3.20. The molecule has 0 radical (unpaired) electrons. The molecule has 6 heteroatoms. The number of ether oxygens (including phenoxy) is 1. The maximum Gasteiger partial charge on any atom is 0.305 e. The second-order valence-electron chi connectivity index (χ2n) is 16.8. The number of nitrogens with one attached hydrogen (secondary N) is 1. The molecular weight excluding hydrogens is 695 g/mol. The van der Waals surface area contributed by atoms with Crippen LogP contribution < -0.4 is 5.32 Å². The van der Waals surface area contributed by atoms with Crippen LogP contribution in [0.25, 0.3) is 0 Å². The number of esters is 1. The summed E-state index contributed by atoms with van der Waals surface area (Å²) < 4.78 is 5.44. The normalized spacial score (nSPS) is 12.9. The Morgan fingerprint density at radius 1 is 0.482 bits per heavy atom. The van der Waals surface area contributed by atoms with Crippen molar-refractivity contribution in [3.8, 4) is 0 Å². The molecule has 6 nitrogen and oxygen atoms in total. The van der Waals surface area contributed by atoms with E-state index in [-0.39, 0.29) is 18.5 Å². The molecule has 0 spiro atoms. The highest BCUT2D eigenvalue weighted by molar-refractivity contribution is 5.76. The number of aliphatic hydroxyl groups excluding tert-OH is 2. The van der Waals surface area contributed by atoms with E-state index >= 15 is 0 Å². The molecule has 330 valence electrons. The standard InChI is InChI=1S/C50H95NO5/c1-3-5-7-9-11-13-22-26-30-34-38-42-48(53)47(46-52)51-49(54)43-39-35-31-27-24-20-18-16-15-17-19-21-25-29-33-37-41-45-56-50(55)44-40-36-32-28-23-14-12-10-8-6-4-2/h15,17,38,42,47-48,52-53H,3-14,16,18-37,39-41,43-46H2,1-2H3,(H,51,54)/b17-15-,42-38+. The van der Waals surface area contributed by atoms with Crippen LogP contribution in [0.15, 0.2) is 24.3 Å². The molecule has 0 aromatic carbocycles. The summed E-state index contributed by atoms with van der Waals surface area (Å²) in [6.45, 7) is 4.86. The fourth-order valence-corrected chi connectivity index (χ4v) is 7.39. The molecule has 2 unspecified atom stereocenters. The van der Waals surface area contributed by atoms with Gasteiger partial charge in [0.05, 0.1) is 25.4 Å². The Kier molecular flexibility index (Phi) is 44.7. The molecular formula is C50H95NO5. The van der Waals surface area contributed by atoms with E-state index < -0.39 is 12.1 Å². The van der Waals surface area contributed by atoms with E-state index in [1.165, 1.54) is 173 Å². The van der Waals surface area contributed by atoms with Crippen LogP contribution in [0.2, 0.25) is 0 Å². The van der Waals surface area contributed by atoms with Gasteiger partial charge >= 0.3 is 5.97 Å². The summed E-state index contributed by atoms with van der Waals surface area (Å²) in [4.78, 5) is 24.3. The molecule has 0 rings (SSSR count). The minimum absolute atomic E-state index is 0.00375. The lowest BCUT2D eigenvalue weighted by molar-refractivity contribution is -0.143. The molecule has 0 aliphatic heterocycles. The highest BCUT2D eigenvalue weighted by atomic mass is 16.5. The van der Waals surface area contributed by atoms with Crippen LogP contribution in [0.1, 0.15) is 258 Å². The third-order valence-corrected chi connectivity index (χ3v) is 11.2. The zero-order chi connectivity index (χ0) is 40.8. The van der Waals surface area contributed by atoms with E-state index in [0.717, 1.165) is 57.8 Å². The molecule has 0 saturated carbocycles. The minimum Gasteiger partial charge on any atom is -0.466 e. The molecule has 3 N–H and O–H groups in total. The first-order valence-corrected chi connectivity index (χ1v) is 24.6. The van der Waals surface area contributed by atoms with Crippen LogP contribution in [-0.2, 0) is 14.3 Å². The van der Waals surface area contributed by atoms with Gasteiger partial charge in [-0.1, -0.05) is 212 Å². The van der Waals surface area contributed by atoms with Gasteiger partial charge in [-0.25, -0.2) is 0 Å². The highest BCUT2D eigenvalue weighted by Crippen LogP contribution is 2.15. The molecule has 0 aromatic rings. The highest BCUT2D eigenvalue weighted by Gasteiger charge is 2.18. The van der Waals surface area contributed by atoms with Crippen molar-refractivity contribution >= 4 is 11.9 Å². The summed E-state index contributed by atoms with van der Waals surface area (Å²) in [6, 6.07) is -0.634. The van der Waals surface area contributed by atoms with Crippen molar-refractivity contribution in [3.63, 3.8) is 0 Å². The summed E-state index contributed by atoms with van der Waals surface area (Å²) in [5.74, 6) is -0.0856. The maximum absolute atomic E-state index is 12.4. The van der Waals surface area contributed by atoms with E-state index in [1.807, 2.05) is 6.08 Å². The number of unbranched alkanes of at least 4 members (excludes halogenated alkanes) is 32. The molecule has 1 amide bonds. The van der Waals surface area contributed by atoms with Gasteiger partial charge < -0.3 is 20.3 Å². The van der Waals surface area contributed by atoms with Crippen LogP contribution in [0.5, 0.6) is 0 Å². The predicted molar refractivity (Wildman–Crippen MR) is 241 cm³/mol. The van der Waals surface area contributed by atoms with Crippen molar-refractivity contribution in [1.82, 2.24) is 5.32 Å². The molecule has 0 aliphatic rings. The summed E-state index contributed by atoms with van der Waals surface area (Å²) >= 11 is 0. The molecule has 2 atom stereocenters. The van der Waals surface area contributed by atoms with Crippen LogP contribution in [0, 0.1) is 0 Å². The Hall–Kier alpha value is -1.66. The van der Waals surface area contributed by atoms with Gasteiger partial charge in [0.1, 0.15) is 0 Å². The van der Waals surface area contributed by atoms with Crippen LogP contribution in [0.4, 0.5) is 0 Å². The number of hydrogen-bond donors (Lipinski definition) is 3. The summed E-state index contributed by atoms with van der Waals surface area (Å²) in [5.41, 5.74) is 0. The Labute approximate surface area is 348 Å². The van der Waals surface area contributed by atoms with Gasteiger partial charge in [-0.3, -0.25) is 9.59 Å². The lowest BCUT2D eigenvalue weighted by Crippen LogP contribution is -2.45. The van der Waals surface area contributed by atoms with Gasteiger partial charge in [0.25, 0.3) is 0 Å². The summed E-state index contributed by atoms with van der Waals surface area (Å²) in [6.07, 6.45) is 53.2. The van der Waals surface area contributed by atoms with Crippen molar-refractivity contribution in [2.75, 3.05) is 13.2 Å². The number of carbonyl (C=O) groups excluding carboxylic acids is 2. The number of carbonyl (C=O) groups is 2. The smallest absolute Gasteiger partial charge is 0.305 e. The van der Waals surface area contributed by atoms with Crippen molar-refractivity contribution in [3.05, 3.63) is 24.3 Å². The molecule has 0 aromatic heterocycles. The minimum atomic E-state index is -0.850. The topological polar surface area (TPSA) is 95.9 Å². The van der Waals surface area contributed by atoms with Crippen molar-refractivity contribution in [2.45, 2.75) is 270 Å². The fourth-order valence-electron chi connectivity index (χ4n) is 7.39. The van der Waals surface area contributed by atoms with Crippen LogP contribution in [0.3, 0.4) is 0 Å². The summed E-state index contributed by atoms with van der Waals surface area (Å²) in [5, 5.41) is 22.9. The lowest BCUT2D eigenvalue weighted by Gasteiger charge is -2.20. The first-order chi connectivity index (χ1) is 27.5. The van der Waals surface area contributed by atoms with Gasteiger partial charge in [-0.05, 0) is 57.8 Å². The monoisotopic (exact) mass is 790 g/mol. The Morgan fingerprint density at radius 3 is 1.27 bits per heavy atom. The molecule has 0 fully saturated rings. The second kappa shape index (κ2) is 46.0. The van der Waals surface area contributed by atoms with Gasteiger partial charge in [0, 0.05) is 12.8 Å². The first-order valence-electron chi connectivity index (χ1n) is 24.6. The number of amides is 1. The van der Waals surface area contributed by atoms with E-state index in [4.69, 9.17) is 4.74 Å². The zero-order valence-corrected chi connectivity index (χ0v) is 37.4. The summed E-state index contributed by atoms with van der Waals surface area (Å²) in [7, 11) is 0. The lowest BCUT2D eigenvalue weighted by atomic mass is 10.1. The van der Waals surface area contributed by atoms with Crippen LogP contribution in [-0.4, -0.2) is 47.4 Å². The van der Waals surface area contributed by atoms with Gasteiger partial charge in [-0.15, -0.1) is 0 Å². The zero-order valence-electron chi connectivity index (χ0n) is 37.4. The Balaban J connectivity index is 3.48. The number of rotatable bonds is 45. The number of hydrogen-bond acceptors (Lipinski definition) is 5. The van der Waals surface area contributed by atoms with E-state index in [1.54, 1.807) is 6.08 Å². The molecule has 0 heterocycles. The number of aliphatic hydroxyl groups is 2. The third kappa shape index (κ3) is 42.0. The van der Waals surface area contributed by atoms with Crippen molar-refractivity contribution < 1.29 is 24.5 Å². The van der Waals surface area contributed by atoms with E-state index in [2.05, 4.69) is 31.3 Å². The van der Waals surface area contributed by atoms with Gasteiger partial charge in [0.2, 0.25) is 5.91 Å². The predicted octanol–water partition coefficient (Wildman–Crippen LogP) is 14.3. The molecule has 0 bridgehead atoms. The van der Waals surface area contributed by atoms with Crippen molar-refractivity contribution in [2.24, 2.45) is 0 Å². The second-order valence-corrected chi connectivity index (χ2v) is 16.8.